The Labute approximate surface area is 110 Å². The Hall–Kier alpha value is -0.900. The summed E-state index contributed by atoms with van der Waals surface area (Å²) in [4.78, 5) is 2.14. The summed E-state index contributed by atoms with van der Waals surface area (Å²) in [7, 11) is 3.74. The first-order chi connectivity index (χ1) is 8.52. The van der Waals surface area contributed by atoms with Gasteiger partial charge >= 0.3 is 0 Å². The first kappa shape index (κ1) is 15.2. The summed E-state index contributed by atoms with van der Waals surface area (Å²) >= 11 is 0. The lowest BCUT2D eigenvalue weighted by Gasteiger charge is -2.21. The molecule has 0 spiro atoms. The van der Waals surface area contributed by atoms with Crippen molar-refractivity contribution in [2.45, 2.75) is 26.4 Å². The molecule has 0 aliphatic rings. The van der Waals surface area contributed by atoms with Crippen molar-refractivity contribution < 1.29 is 9.84 Å². The minimum atomic E-state index is -0.420. The van der Waals surface area contributed by atoms with Crippen LogP contribution in [-0.4, -0.2) is 43.9 Å². The Morgan fingerprint density at radius 1 is 1.22 bits per heavy atom. The topological polar surface area (TPSA) is 32.7 Å². The molecule has 0 fully saturated rings. The minimum Gasteiger partial charge on any atom is -0.387 e. The molecule has 3 nitrogen and oxygen atoms in total. The van der Waals surface area contributed by atoms with Crippen LogP contribution in [0.5, 0.6) is 0 Å². The predicted octanol–water partition coefficient (Wildman–Crippen LogP) is 2.31. The van der Waals surface area contributed by atoms with Gasteiger partial charge in [0.05, 0.1) is 6.10 Å². The van der Waals surface area contributed by atoms with Gasteiger partial charge in [-0.3, -0.25) is 0 Å². The summed E-state index contributed by atoms with van der Waals surface area (Å²) in [6.07, 6.45) is 0.572. The van der Waals surface area contributed by atoms with Gasteiger partial charge in [-0.2, -0.15) is 0 Å². The number of benzene rings is 1. The Kier molecular flexibility index (Phi) is 6.33. The fraction of sp³-hybridized carbons (Fsp3) is 0.600. The number of aliphatic hydroxyl groups excluding tert-OH is 1. The van der Waals surface area contributed by atoms with Crippen LogP contribution in [0.4, 0.5) is 0 Å². The van der Waals surface area contributed by atoms with Crippen LogP contribution in [0.3, 0.4) is 0 Å². The molecule has 0 radical (unpaired) electrons. The minimum absolute atomic E-state index is 0.420. The van der Waals surface area contributed by atoms with Gasteiger partial charge in [-0.05, 0) is 32.9 Å². The number of aliphatic hydroxyl groups is 1. The predicted molar refractivity (Wildman–Crippen MR) is 74.9 cm³/mol. The van der Waals surface area contributed by atoms with E-state index in [1.54, 1.807) is 7.11 Å². The number of methoxy groups -OCH3 is 1. The second-order valence-electron chi connectivity index (χ2n) is 5.05. The van der Waals surface area contributed by atoms with E-state index in [1.807, 2.05) is 7.05 Å². The number of nitrogens with zero attached hydrogens (tertiary/aromatic N) is 1. The van der Waals surface area contributed by atoms with Gasteiger partial charge in [0.1, 0.15) is 0 Å². The fourth-order valence-electron chi connectivity index (χ4n) is 2.17. The maximum atomic E-state index is 10.2. The van der Waals surface area contributed by atoms with Crippen LogP contribution in [0.15, 0.2) is 18.2 Å². The third-order valence-electron chi connectivity index (χ3n) is 3.00. The summed E-state index contributed by atoms with van der Waals surface area (Å²) in [5.41, 5.74) is 3.41. The van der Waals surface area contributed by atoms with E-state index in [4.69, 9.17) is 4.74 Å². The van der Waals surface area contributed by atoms with Crippen molar-refractivity contribution in [2.75, 3.05) is 33.9 Å². The second-order valence-corrected chi connectivity index (χ2v) is 5.05. The highest BCUT2D eigenvalue weighted by Crippen LogP contribution is 2.17. The largest absolute Gasteiger partial charge is 0.387 e. The van der Waals surface area contributed by atoms with Crippen molar-refractivity contribution in [1.29, 1.82) is 0 Å². The molecule has 0 amide bonds. The van der Waals surface area contributed by atoms with Gasteiger partial charge in [0.15, 0.2) is 0 Å². The van der Waals surface area contributed by atoms with Crippen LogP contribution < -0.4 is 0 Å². The molecule has 0 aromatic heterocycles. The molecule has 1 aromatic rings. The molecule has 3 heteroatoms. The van der Waals surface area contributed by atoms with E-state index in [9.17, 15) is 5.11 Å². The molecule has 102 valence electrons. The molecule has 1 aromatic carbocycles. The van der Waals surface area contributed by atoms with Crippen molar-refractivity contribution in [1.82, 2.24) is 4.90 Å². The molecular formula is C15H25NO2. The lowest BCUT2D eigenvalue weighted by Crippen LogP contribution is -2.26. The highest BCUT2D eigenvalue weighted by Gasteiger charge is 2.11. The molecule has 1 N–H and O–H groups in total. The number of hydrogen-bond acceptors (Lipinski definition) is 3. The zero-order valence-electron chi connectivity index (χ0n) is 11.9. The highest BCUT2D eigenvalue weighted by atomic mass is 16.5. The second kappa shape index (κ2) is 7.52. The highest BCUT2D eigenvalue weighted by molar-refractivity contribution is 5.30. The normalized spacial score (nSPS) is 13.0. The average Bonchev–Trinajstić information content (AvgIpc) is 2.28. The number of hydrogen-bond donors (Lipinski definition) is 1. The Morgan fingerprint density at radius 2 is 1.83 bits per heavy atom. The van der Waals surface area contributed by atoms with E-state index in [0.29, 0.717) is 6.54 Å². The number of aryl methyl sites for hydroxylation is 2. The number of likely N-dealkylation sites (N-methyl/N-ethyl adjacent to an activating group) is 1. The van der Waals surface area contributed by atoms with E-state index in [0.717, 1.165) is 25.1 Å². The standard InChI is InChI=1S/C15H25NO2/c1-12-8-13(2)10-14(9-12)15(17)11-16(3)6-5-7-18-4/h8-10,15,17H,5-7,11H2,1-4H3. The maximum absolute atomic E-state index is 10.2. The van der Waals surface area contributed by atoms with Crippen LogP contribution in [0.2, 0.25) is 0 Å². The summed E-state index contributed by atoms with van der Waals surface area (Å²) in [6, 6.07) is 6.24. The van der Waals surface area contributed by atoms with Gasteiger partial charge in [-0.15, -0.1) is 0 Å². The summed E-state index contributed by atoms with van der Waals surface area (Å²) in [5.74, 6) is 0. The van der Waals surface area contributed by atoms with Crippen LogP contribution in [0, 0.1) is 13.8 Å². The summed E-state index contributed by atoms with van der Waals surface area (Å²) < 4.78 is 5.02. The van der Waals surface area contributed by atoms with Crippen molar-refractivity contribution in [3.63, 3.8) is 0 Å². The fourth-order valence-corrected chi connectivity index (χ4v) is 2.17. The van der Waals surface area contributed by atoms with E-state index in [1.165, 1.54) is 11.1 Å². The van der Waals surface area contributed by atoms with E-state index in [-0.39, 0.29) is 0 Å². The Bertz CT molecular complexity index is 345. The van der Waals surface area contributed by atoms with Gasteiger partial charge in [0, 0.05) is 26.8 Å². The quantitative estimate of drug-likeness (QED) is 0.755. The first-order valence-corrected chi connectivity index (χ1v) is 6.46. The van der Waals surface area contributed by atoms with Gasteiger partial charge < -0.3 is 14.7 Å². The van der Waals surface area contributed by atoms with Gasteiger partial charge in [-0.1, -0.05) is 29.3 Å². The van der Waals surface area contributed by atoms with E-state index >= 15 is 0 Å². The molecule has 1 atom stereocenters. The van der Waals surface area contributed by atoms with Gasteiger partial charge in [0.25, 0.3) is 0 Å². The Balaban J connectivity index is 2.50. The van der Waals surface area contributed by atoms with Crippen LogP contribution in [-0.2, 0) is 4.74 Å². The molecule has 0 saturated heterocycles. The van der Waals surface area contributed by atoms with Gasteiger partial charge in [0.2, 0.25) is 0 Å². The smallest absolute Gasteiger partial charge is 0.0916 e. The molecule has 0 aliphatic heterocycles. The Morgan fingerprint density at radius 3 is 2.39 bits per heavy atom. The van der Waals surface area contributed by atoms with Gasteiger partial charge in [-0.25, -0.2) is 0 Å². The van der Waals surface area contributed by atoms with Crippen LogP contribution in [0.1, 0.15) is 29.2 Å². The van der Waals surface area contributed by atoms with E-state index < -0.39 is 6.10 Å². The number of ether oxygens (including phenoxy) is 1. The first-order valence-electron chi connectivity index (χ1n) is 6.46. The van der Waals surface area contributed by atoms with Crippen molar-refractivity contribution >= 4 is 0 Å². The molecule has 0 heterocycles. The lowest BCUT2D eigenvalue weighted by molar-refractivity contribution is 0.117. The lowest BCUT2D eigenvalue weighted by atomic mass is 10.0. The third-order valence-corrected chi connectivity index (χ3v) is 3.00. The molecular weight excluding hydrogens is 226 g/mol. The van der Waals surface area contributed by atoms with Crippen molar-refractivity contribution in [3.05, 3.63) is 34.9 Å². The molecule has 0 bridgehead atoms. The van der Waals surface area contributed by atoms with Crippen LogP contribution in [0.25, 0.3) is 0 Å². The zero-order chi connectivity index (χ0) is 13.5. The summed E-state index contributed by atoms with van der Waals surface area (Å²) in [5, 5.41) is 10.2. The average molecular weight is 251 g/mol. The zero-order valence-corrected chi connectivity index (χ0v) is 11.9. The maximum Gasteiger partial charge on any atom is 0.0916 e. The van der Waals surface area contributed by atoms with Crippen molar-refractivity contribution in [2.24, 2.45) is 0 Å². The molecule has 1 rings (SSSR count). The monoisotopic (exact) mass is 251 g/mol. The van der Waals surface area contributed by atoms with Crippen molar-refractivity contribution in [3.8, 4) is 0 Å². The summed E-state index contributed by atoms with van der Waals surface area (Å²) in [6.45, 7) is 6.49. The third kappa shape index (κ3) is 5.17. The number of rotatable bonds is 7. The molecule has 0 saturated carbocycles. The van der Waals surface area contributed by atoms with E-state index in [2.05, 4.69) is 36.9 Å². The SMILES string of the molecule is COCCCN(C)CC(O)c1cc(C)cc(C)c1. The molecule has 1 unspecified atom stereocenters. The molecule has 18 heavy (non-hydrogen) atoms. The van der Waals surface area contributed by atoms with Crippen LogP contribution >= 0.6 is 0 Å². The molecule has 0 aliphatic carbocycles.